The lowest BCUT2D eigenvalue weighted by Crippen LogP contribution is -2.50. The van der Waals surface area contributed by atoms with Crippen LogP contribution in [0.25, 0.3) is 0 Å². The van der Waals surface area contributed by atoms with Crippen LogP contribution in [-0.4, -0.2) is 65.9 Å². The van der Waals surface area contributed by atoms with Crippen molar-refractivity contribution in [2.75, 3.05) is 27.2 Å². The number of carboxylic acid groups (broad SMARTS) is 1. The molecule has 0 saturated carbocycles. The van der Waals surface area contributed by atoms with Gasteiger partial charge in [0.1, 0.15) is 0 Å². The zero-order valence-corrected chi connectivity index (χ0v) is 11.5. The Morgan fingerprint density at radius 3 is 2.37 bits per heavy atom. The fraction of sp³-hybridized carbons (Fsp3) is 0.727. The number of aliphatic hydroxyl groups is 1. The molecule has 0 aromatic carbocycles. The summed E-state index contributed by atoms with van der Waals surface area (Å²) in [7, 11) is 2.70. The monoisotopic (exact) mass is 276 g/mol. The fourth-order valence-corrected chi connectivity index (χ4v) is 1.23. The standard InChI is InChI=1S/C11H20N2O6/c1-7(8(14)19-4)5-13(3)10(17)12-6-11(2,18)9(15)16/h7,18H,5-6H2,1-4H3,(H,12,17)(H,15,16). The Morgan fingerprint density at radius 2 is 1.95 bits per heavy atom. The summed E-state index contributed by atoms with van der Waals surface area (Å²) in [5, 5.41) is 20.4. The molecular formula is C11H20N2O6. The molecule has 0 aromatic rings. The van der Waals surface area contributed by atoms with E-state index in [-0.39, 0.29) is 6.54 Å². The summed E-state index contributed by atoms with van der Waals surface area (Å²) in [5.74, 6) is -2.38. The topological polar surface area (TPSA) is 116 Å². The van der Waals surface area contributed by atoms with Crippen LogP contribution in [-0.2, 0) is 14.3 Å². The molecule has 0 rings (SSSR count). The normalized spacial score (nSPS) is 15.0. The minimum atomic E-state index is -2.04. The van der Waals surface area contributed by atoms with E-state index in [4.69, 9.17) is 5.11 Å². The van der Waals surface area contributed by atoms with Crippen LogP contribution in [0.2, 0.25) is 0 Å². The number of nitrogens with one attached hydrogen (secondary N) is 1. The van der Waals surface area contributed by atoms with Crippen LogP contribution in [0, 0.1) is 5.92 Å². The van der Waals surface area contributed by atoms with Gasteiger partial charge in [-0.15, -0.1) is 0 Å². The molecule has 0 aliphatic rings. The molecule has 0 radical (unpaired) electrons. The number of carbonyl (C=O) groups is 3. The zero-order valence-electron chi connectivity index (χ0n) is 11.5. The summed E-state index contributed by atoms with van der Waals surface area (Å²) in [5.41, 5.74) is -2.04. The summed E-state index contributed by atoms with van der Waals surface area (Å²) < 4.78 is 4.52. The van der Waals surface area contributed by atoms with Crippen LogP contribution >= 0.6 is 0 Å². The summed E-state index contributed by atoms with van der Waals surface area (Å²) in [6.45, 7) is 2.36. The minimum absolute atomic E-state index is 0.119. The van der Waals surface area contributed by atoms with Gasteiger partial charge in [0.05, 0.1) is 19.6 Å². The maximum absolute atomic E-state index is 11.6. The van der Waals surface area contributed by atoms with E-state index in [1.54, 1.807) is 6.92 Å². The first-order chi connectivity index (χ1) is 8.61. The number of ether oxygens (including phenoxy) is 1. The number of carbonyl (C=O) groups excluding carboxylic acids is 2. The highest BCUT2D eigenvalue weighted by Crippen LogP contribution is 2.03. The number of hydrogen-bond donors (Lipinski definition) is 3. The van der Waals surface area contributed by atoms with Crippen molar-refractivity contribution in [3.8, 4) is 0 Å². The molecule has 8 nitrogen and oxygen atoms in total. The Labute approximate surface area is 111 Å². The molecule has 0 spiro atoms. The van der Waals surface area contributed by atoms with Gasteiger partial charge in [-0.05, 0) is 6.92 Å². The first kappa shape index (κ1) is 17.2. The van der Waals surface area contributed by atoms with Gasteiger partial charge in [0.15, 0.2) is 5.60 Å². The second-order valence-electron chi connectivity index (χ2n) is 4.54. The highest BCUT2D eigenvalue weighted by molar-refractivity contribution is 5.80. The smallest absolute Gasteiger partial charge is 0.337 e. The molecule has 0 aliphatic heterocycles. The van der Waals surface area contributed by atoms with Gasteiger partial charge in [-0.25, -0.2) is 9.59 Å². The van der Waals surface area contributed by atoms with Gasteiger partial charge in [-0.1, -0.05) is 6.92 Å². The number of rotatable bonds is 6. The first-order valence-electron chi connectivity index (χ1n) is 5.64. The van der Waals surface area contributed by atoms with Crippen LogP contribution in [0.1, 0.15) is 13.8 Å². The van der Waals surface area contributed by atoms with Crippen LogP contribution in [0.3, 0.4) is 0 Å². The summed E-state index contributed by atoms with van der Waals surface area (Å²) in [4.78, 5) is 34.6. The number of amides is 2. The van der Waals surface area contributed by atoms with E-state index in [1.807, 2.05) is 0 Å². The van der Waals surface area contributed by atoms with E-state index in [0.717, 1.165) is 6.92 Å². The Bertz CT molecular complexity index is 355. The third-order valence-corrected chi connectivity index (χ3v) is 2.54. The largest absolute Gasteiger partial charge is 0.479 e. The highest BCUT2D eigenvalue weighted by Gasteiger charge is 2.30. The second kappa shape index (κ2) is 6.93. The van der Waals surface area contributed by atoms with Gasteiger partial charge < -0.3 is 25.2 Å². The van der Waals surface area contributed by atoms with E-state index in [9.17, 15) is 19.5 Å². The molecule has 0 saturated heterocycles. The molecular weight excluding hydrogens is 256 g/mol. The Balaban J connectivity index is 4.29. The van der Waals surface area contributed by atoms with Gasteiger partial charge >= 0.3 is 18.0 Å². The van der Waals surface area contributed by atoms with Gasteiger partial charge in [0.2, 0.25) is 0 Å². The molecule has 2 unspecified atom stereocenters. The van der Waals surface area contributed by atoms with Crippen molar-refractivity contribution in [3.63, 3.8) is 0 Å². The second-order valence-corrected chi connectivity index (χ2v) is 4.54. The van der Waals surface area contributed by atoms with Crippen LogP contribution in [0.5, 0.6) is 0 Å². The molecule has 0 bridgehead atoms. The molecule has 3 N–H and O–H groups in total. The first-order valence-corrected chi connectivity index (χ1v) is 5.64. The Kier molecular flexibility index (Phi) is 6.26. The van der Waals surface area contributed by atoms with Crippen LogP contribution in [0.15, 0.2) is 0 Å². The molecule has 2 amide bonds. The molecule has 0 fully saturated rings. The van der Waals surface area contributed by atoms with Crippen molar-refractivity contribution in [1.29, 1.82) is 0 Å². The lowest BCUT2D eigenvalue weighted by atomic mass is 10.1. The summed E-state index contributed by atoms with van der Waals surface area (Å²) in [6, 6.07) is -0.586. The van der Waals surface area contributed by atoms with E-state index in [0.29, 0.717) is 0 Å². The van der Waals surface area contributed by atoms with Gasteiger partial charge in [0.25, 0.3) is 0 Å². The lowest BCUT2D eigenvalue weighted by Gasteiger charge is -2.23. The van der Waals surface area contributed by atoms with Crippen molar-refractivity contribution < 1.29 is 29.3 Å². The molecule has 2 atom stereocenters. The Morgan fingerprint density at radius 1 is 1.42 bits per heavy atom. The number of carboxylic acids is 1. The number of nitrogens with zero attached hydrogens (tertiary/aromatic N) is 1. The number of aliphatic carboxylic acids is 1. The highest BCUT2D eigenvalue weighted by atomic mass is 16.5. The minimum Gasteiger partial charge on any atom is -0.479 e. The average molecular weight is 276 g/mol. The number of methoxy groups -OCH3 is 1. The Hall–Kier alpha value is -1.83. The van der Waals surface area contributed by atoms with Crippen molar-refractivity contribution in [2.45, 2.75) is 19.4 Å². The van der Waals surface area contributed by atoms with Gasteiger partial charge in [-0.2, -0.15) is 0 Å². The van der Waals surface area contributed by atoms with Crippen molar-refractivity contribution in [2.24, 2.45) is 5.92 Å². The molecule has 0 heterocycles. The molecule has 8 heteroatoms. The third kappa shape index (κ3) is 5.56. The molecule has 0 aliphatic carbocycles. The van der Waals surface area contributed by atoms with Crippen LogP contribution in [0.4, 0.5) is 4.79 Å². The number of esters is 1. The predicted molar refractivity (Wildman–Crippen MR) is 65.5 cm³/mol. The number of urea groups is 1. The van der Waals surface area contributed by atoms with E-state index in [2.05, 4.69) is 10.1 Å². The van der Waals surface area contributed by atoms with Crippen molar-refractivity contribution >= 4 is 18.0 Å². The van der Waals surface area contributed by atoms with Crippen molar-refractivity contribution in [3.05, 3.63) is 0 Å². The third-order valence-electron chi connectivity index (χ3n) is 2.54. The quantitative estimate of drug-likeness (QED) is 0.551. The zero-order chi connectivity index (χ0) is 15.2. The lowest BCUT2D eigenvalue weighted by molar-refractivity contribution is -0.155. The SMILES string of the molecule is COC(=O)C(C)CN(C)C(=O)NCC(C)(O)C(=O)O. The van der Waals surface area contributed by atoms with Crippen LogP contribution < -0.4 is 5.32 Å². The van der Waals surface area contributed by atoms with Gasteiger partial charge in [0, 0.05) is 13.6 Å². The van der Waals surface area contributed by atoms with Gasteiger partial charge in [-0.3, -0.25) is 4.79 Å². The predicted octanol–water partition coefficient (Wildman–Crippen LogP) is -0.727. The summed E-state index contributed by atoms with van der Waals surface area (Å²) in [6.07, 6.45) is 0. The van der Waals surface area contributed by atoms with E-state index >= 15 is 0 Å². The fourth-order valence-electron chi connectivity index (χ4n) is 1.23. The molecule has 19 heavy (non-hydrogen) atoms. The number of hydrogen-bond acceptors (Lipinski definition) is 5. The van der Waals surface area contributed by atoms with Crippen molar-refractivity contribution in [1.82, 2.24) is 10.2 Å². The maximum atomic E-state index is 11.6. The maximum Gasteiger partial charge on any atom is 0.337 e. The van der Waals surface area contributed by atoms with E-state index < -0.39 is 36.0 Å². The molecule has 110 valence electrons. The van der Waals surface area contributed by atoms with E-state index in [1.165, 1.54) is 19.1 Å². The summed E-state index contributed by atoms with van der Waals surface area (Å²) >= 11 is 0. The molecule has 0 aromatic heterocycles. The average Bonchev–Trinajstić information content (AvgIpc) is 2.34.